The van der Waals surface area contributed by atoms with Crippen LogP contribution in [-0.4, -0.2) is 24.1 Å². The van der Waals surface area contributed by atoms with Crippen LogP contribution in [0, 0.1) is 11.8 Å². The molecule has 0 heterocycles. The summed E-state index contributed by atoms with van der Waals surface area (Å²) in [4.78, 5) is 12.6. The number of hydrogen-bond acceptors (Lipinski definition) is 3. The molecule has 0 saturated heterocycles. The molecule has 1 aromatic rings. The first-order chi connectivity index (χ1) is 11.4. The van der Waals surface area contributed by atoms with Crippen LogP contribution in [0.25, 0.3) is 0 Å². The molecule has 2 bridgehead atoms. The van der Waals surface area contributed by atoms with Crippen LogP contribution >= 0.6 is 35.6 Å². The smallest absolute Gasteiger partial charge is 0.261 e. The Hall–Kier alpha value is -0.680. The van der Waals surface area contributed by atoms with Crippen LogP contribution in [0.15, 0.2) is 18.2 Å². The lowest BCUT2D eigenvalue weighted by Gasteiger charge is -2.45. The van der Waals surface area contributed by atoms with E-state index in [2.05, 4.69) is 5.32 Å². The lowest BCUT2D eigenvalue weighted by atomic mass is 9.67. The summed E-state index contributed by atoms with van der Waals surface area (Å²) in [6.07, 6.45) is 4.92. The van der Waals surface area contributed by atoms with Crippen molar-refractivity contribution >= 4 is 41.5 Å². The maximum absolute atomic E-state index is 12.6. The zero-order valence-electron chi connectivity index (χ0n) is 14.2. The van der Waals surface area contributed by atoms with E-state index in [4.69, 9.17) is 33.7 Å². The van der Waals surface area contributed by atoms with Gasteiger partial charge in [-0.25, -0.2) is 0 Å². The Kier molecular flexibility index (Phi) is 7.27. The van der Waals surface area contributed by atoms with Gasteiger partial charge in [-0.05, 0) is 62.6 Å². The molecule has 2 aliphatic rings. The molecule has 1 aromatic carbocycles. The minimum Gasteiger partial charge on any atom is -0.479 e. The molecule has 3 unspecified atom stereocenters. The maximum atomic E-state index is 12.6. The van der Waals surface area contributed by atoms with Gasteiger partial charge in [0.1, 0.15) is 5.75 Å². The van der Waals surface area contributed by atoms with Crippen molar-refractivity contribution in [1.29, 1.82) is 0 Å². The van der Waals surface area contributed by atoms with E-state index in [1.54, 1.807) is 25.1 Å². The van der Waals surface area contributed by atoms with Crippen molar-refractivity contribution in [2.24, 2.45) is 17.6 Å². The fourth-order valence-electron chi connectivity index (χ4n) is 4.12. The highest BCUT2D eigenvalue weighted by Gasteiger charge is 2.40. The van der Waals surface area contributed by atoms with E-state index in [-0.39, 0.29) is 30.4 Å². The number of nitrogens with two attached hydrogens (primary N) is 1. The summed E-state index contributed by atoms with van der Waals surface area (Å²) >= 11 is 12.0. The van der Waals surface area contributed by atoms with Crippen LogP contribution in [-0.2, 0) is 4.79 Å². The van der Waals surface area contributed by atoms with Crippen molar-refractivity contribution in [3.8, 4) is 5.75 Å². The normalized spacial score (nSPS) is 29.3. The number of nitrogens with one attached hydrogen (secondary N) is 1. The van der Waals surface area contributed by atoms with Gasteiger partial charge in [0.15, 0.2) is 6.10 Å². The Labute approximate surface area is 165 Å². The standard InChI is InChI=1S/C18H24Cl2N2O2.ClH/c1-10(24-16-6-5-13(19)9-15(16)20)18(23)22-17-11-3-2-4-12(17)8-14(21)7-11;/h5-6,9-12,14,17H,2-4,7-8,21H2,1H3,(H,22,23);1H. The highest BCUT2D eigenvalue weighted by molar-refractivity contribution is 6.35. The number of hydrogen-bond donors (Lipinski definition) is 2. The second kappa shape index (κ2) is 8.81. The summed E-state index contributed by atoms with van der Waals surface area (Å²) in [6.45, 7) is 1.74. The molecule has 3 rings (SSSR count). The van der Waals surface area contributed by atoms with Gasteiger partial charge in [-0.1, -0.05) is 29.6 Å². The van der Waals surface area contributed by atoms with Crippen molar-refractivity contribution in [3.63, 3.8) is 0 Å². The number of carbonyl (C=O) groups excluding carboxylic acids is 1. The molecule has 0 aliphatic heterocycles. The van der Waals surface area contributed by atoms with Gasteiger partial charge in [-0.15, -0.1) is 12.4 Å². The minimum atomic E-state index is -0.611. The van der Waals surface area contributed by atoms with E-state index in [1.165, 1.54) is 6.42 Å². The number of ether oxygens (including phenoxy) is 1. The Bertz CT molecular complexity index is 600. The molecule has 7 heteroatoms. The molecule has 3 N–H and O–H groups in total. The number of fused-ring (bicyclic) bond motifs is 2. The van der Waals surface area contributed by atoms with Gasteiger partial charge in [0.2, 0.25) is 0 Å². The number of benzene rings is 1. The first-order valence-corrected chi connectivity index (χ1v) is 9.37. The third-order valence-corrected chi connectivity index (χ3v) is 5.78. The molecule has 2 fully saturated rings. The van der Waals surface area contributed by atoms with Crippen molar-refractivity contribution in [1.82, 2.24) is 5.32 Å². The first kappa shape index (κ1) is 20.6. The molecular weight excluding hydrogens is 383 g/mol. The van der Waals surface area contributed by atoms with Gasteiger partial charge in [0.05, 0.1) is 5.02 Å². The van der Waals surface area contributed by atoms with E-state index in [0.29, 0.717) is 27.6 Å². The predicted molar refractivity (Wildman–Crippen MR) is 104 cm³/mol. The van der Waals surface area contributed by atoms with Gasteiger partial charge in [-0.2, -0.15) is 0 Å². The second-order valence-electron chi connectivity index (χ2n) is 7.05. The molecular formula is C18H25Cl3N2O2. The lowest BCUT2D eigenvalue weighted by molar-refractivity contribution is -0.129. The Morgan fingerprint density at radius 2 is 1.92 bits per heavy atom. The number of amides is 1. The number of halogens is 3. The number of rotatable bonds is 4. The third-order valence-electron chi connectivity index (χ3n) is 5.25. The molecule has 4 nitrogen and oxygen atoms in total. The summed E-state index contributed by atoms with van der Waals surface area (Å²) in [5, 5.41) is 4.15. The molecule has 0 spiro atoms. The van der Waals surface area contributed by atoms with Crippen LogP contribution in [0.5, 0.6) is 5.75 Å². The fourth-order valence-corrected chi connectivity index (χ4v) is 4.57. The van der Waals surface area contributed by atoms with Crippen LogP contribution in [0.2, 0.25) is 10.0 Å². The Balaban J connectivity index is 0.00000225. The summed E-state index contributed by atoms with van der Waals surface area (Å²) < 4.78 is 5.72. The molecule has 1 amide bonds. The zero-order valence-corrected chi connectivity index (χ0v) is 16.5. The summed E-state index contributed by atoms with van der Waals surface area (Å²) in [7, 11) is 0. The maximum Gasteiger partial charge on any atom is 0.261 e. The van der Waals surface area contributed by atoms with Crippen molar-refractivity contribution in [3.05, 3.63) is 28.2 Å². The lowest BCUT2D eigenvalue weighted by Crippen LogP contribution is -2.55. The van der Waals surface area contributed by atoms with Crippen molar-refractivity contribution < 1.29 is 9.53 Å². The molecule has 140 valence electrons. The fraction of sp³-hybridized carbons (Fsp3) is 0.611. The summed E-state index contributed by atoms with van der Waals surface area (Å²) in [5.74, 6) is 1.35. The average Bonchev–Trinajstić information content (AvgIpc) is 2.50. The third kappa shape index (κ3) is 4.94. The highest BCUT2D eigenvalue weighted by Crippen LogP contribution is 2.39. The van der Waals surface area contributed by atoms with E-state index in [1.807, 2.05) is 0 Å². The van der Waals surface area contributed by atoms with Crippen molar-refractivity contribution in [2.75, 3.05) is 0 Å². The van der Waals surface area contributed by atoms with Crippen LogP contribution < -0.4 is 15.8 Å². The van der Waals surface area contributed by atoms with Gasteiger partial charge in [-0.3, -0.25) is 4.79 Å². The molecule has 0 radical (unpaired) electrons. The summed E-state index contributed by atoms with van der Waals surface area (Å²) in [5.41, 5.74) is 6.15. The first-order valence-electron chi connectivity index (χ1n) is 8.61. The monoisotopic (exact) mass is 406 g/mol. The van der Waals surface area contributed by atoms with Crippen LogP contribution in [0.1, 0.15) is 39.0 Å². The number of carbonyl (C=O) groups is 1. The predicted octanol–water partition coefficient (Wildman–Crippen LogP) is 4.20. The van der Waals surface area contributed by atoms with E-state index < -0.39 is 6.10 Å². The quantitative estimate of drug-likeness (QED) is 0.786. The Morgan fingerprint density at radius 3 is 2.52 bits per heavy atom. The zero-order chi connectivity index (χ0) is 17.3. The molecule has 2 saturated carbocycles. The largest absolute Gasteiger partial charge is 0.479 e. The topological polar surface area (TPSA) is 64.3 Å². The van der Waals surface area contributed by atoms with E-state index in [9.17, 15) is 4.79 Å². The second-order valence-corrected chi connectivity index (χ2v) is 7.90. The van der Waals surface area contributed by atoms with E-state index in [0.717, 1.165) is 25.7 Å². The van der Waals surface area contributed by atoms with Gasteiger partial charge in [0, 0.05) is 17.1 Å². The van der Waals surface area contributed by atoms with Gasteiger partial charge < -0.3 is 15.8 Å². The average molecular weight is 408 g/mol. The highest BCUT2D eigenvalue weighted by atomic mass is 35.5. The Morgan fingerprint density at radius 1 is 1.28 bits per heavy atom. The summed E-state index contributed by atoms with van der Waals surface area (Å²) in [6, 6.07) is 5.48. The molecule has 25 heavy (non-hydrogen) atoms. The van der Waals surface area contributed by atoms with Gasteiger partial charge >= 0.3 is 0 Å². The van der Waals surface area contributed by atoms with Gasteiger partial charge in [0.25, 0.3) is 5.91 Å². The van der Waals surface area contributed by atoms with E-state index >= 15 is 0 Å². The van der Waals surface area contributed by atoms with Crippen LogP contribution in [0.4, 0.5) is 0 Å². The minimum absolute atomic E-state index is 0. The SMILES string of the molecule is CC(Oc1ccc(Cl)cc1Cl)C(=O)NC1C2CCCC1CC(N)C2.Cl. The van der Waals surface area contributed by atoms with Crippen LogP contribution in [0.3, 0.4) is 0 Å². The molecule has 2 aliphatic carbocycles. The molecule has 0 aromatic heterocycles. The molecule has 3 atom stereocenters. The van der Waals surface area contributed by atoms with Crippen molar-refractivity contribution in [2.45, 2.75) is 57.2 Å².